The lowest BCUT2D eigenvalue weighted by molar-refractivity contribution is -0.143. The number of hydrogen-bond donors (Lipinski definition) is 1. The Morgan fingerprint density at radius 1 is 1.03 bits per heavy atom. The van der Waals surface area contributed by atoms with Crippen molar-refractivity contribution in [1.82, 2.24) is 10.2 Å². The zero-order chi connectivity index (χ0) is 21.9. The number of aryl methyl sites for hydroxylation is 2. The van der Waals surface area contributed by atoms with Gasteiger partial charge >= 0.3 is 0 Å². The number of nitrogens with one attached hydrogen (secondary N) is 1. The predicted octanol–water partition coefficient (Wildman–Crippen LogP) is 4.41. The van der Waals surface area contributed by atoms with E-state index in [4.69, 9.17) is 4.74 Å². The van der Waals surface area contributed by atoms with Gasteiger partial charge in [0, 0.05) is 13.1 Å². The van der Waals surface area contributed by atoms with E-state index >= 15 is 0 Å². The maximum Gasteiger partial charge on any atom is 0.261 e. The molecule has 0 heterocycles. The van der Waals surface area contributed by atoms with E-state index in [1.807, 2.05) is 69.3 Å². The zero-order valence-corrected chi connectivity index (χ0v) is 18.6. The summed E-state index contributed by atoms with van der Waals surface area (Å²) in [7, 11) is 0. The Morgan fingerprint density at radius 3 is 2.40 bits per heavy atom. The Hall–Kier alpha value is -2.82. The number of rotatable bonds is 11. The number of nitrogens with zero attached hydrogens (tertiary/aromatic N) is 1. The first-order valence-corrected chi connectivity index (χ1v) is 10.8. The molecule has 2 rings (SSSR count). The van der Waals surface area contributed by atoms with Gasteiger partial charge in [0.1, 0.15) is 11.8 Å². The minimum Gasteiger partial charge on any atom is -0.484 e. The first kappa shape index (κ1) is 23.5. The normalized spacial score (nSPS) is 11.6. The van der Waals surface area contributed by atoms with Gasteiger partial charge in [-0.15, -0.1) is 0 Å². The summed E-state index contributed by atoms with van der Waals surface area (Å²) in [6.07, 6.45) is 2.47. The standard InChI is InChI=1S/C25H34N2O3/c1-5-7-15-26-25(29)23(6-2)27(17-21-13-11-19(3)12-14-21)24(28)18-30-22-10-8-9-20(4)16-22/h8-14,16,23H,5-7,15,17-18H2,1-4H3,(H,26,29)/t23-/m0/s1. The second kappa shape index (κ2) is 12.0. The second-order valence-electron chi connectivity index (χ2n) is 7.68. The molecule has 0 bridgehead atoms. The Kier molecular flexibility index (Phi) is 9.39. The molecule has 0 aromatic heterocycles. The molecule has 2 aromatic carbocycles. The molecule has 0 saturated carbocycles. The highest BCUT2D eigenvalue weighted by Crippen LogP contribution is 2.16. The molecule has 0 unspecified atom stereocenters. The largest absolute Gasteiger partial charge is 0.484 e. The molecule has 5 nitrogen and oxygen atoms in total. The van der Waals surface area contributed by atoms with Crippen LogP contribution in [0.4, 0.5) is 0 Å². The second-order valence-corrected chi connectivity index (χ2v) is 7.68. The van der Waals surface area contributed by atoms with Crippen LogP contribution >= 0.6 is 0 Å². The molecule has 1 atom stereocenters. The van der Waals surface area contributed by atoms with Crippen molar-refractivity contribution >= 4 is 11.8 Å². The quantitative estimate of drug-likeness (QED) is 0.559. The van der Waals surface area contributed by atoms with Crippen LogP contribution in [-0.2, 0) is 16.1 Å². The lowest BCUT2D eigenvalue weighted by atomic mass is 10.1. The summed E-state index contributed by atoms with van der Waals surface area (Å²) in [5.74, 6) is 0.343. The summed E-state index contributed by atoms with van der Waals surface area (Å²) in [6, 6.07) is 15.1. The Bertz CT molecular complexity index is 817. The minimum atomic E-state index is -0.531. The van der Waals surface area contributed by atoms with Crippen LogP contribution < -0.4 is 10.1 Å². The molecule has 0 spiro atoms. The summed E-state index contributed by atoms with van der Waals surface area (Å²) in [5, 5.41) is 2.97. The third-order valence-electron chi connectivity index (χ3n) is 5.04. The fraction of sp³-hybridized carbons (Fsp3) is 0.440. The van der Waals surface area contributed by atoms with E-state index in [-0.39, 0.29) is 18.4 Å². The van der Waals surface area contributed by atoms with E-state index < -0.39 is 6.04 Å². The van der Waals surface area contributed by atoms with Gasteiger partial charge in [-0.25, -0.2) is 0 Å². The van der Waals surface area contributed by atoms with Crippen molar-refractivity contribution in [2.75, 3.05) is 13.2 Å². The minimum absolute atomic E-state index is 0.103. The Balaban J connectivity index is 2.16. The monoisotopic (exact) mass is 410 g/mol. The highest BCUT2D eigenvalue weighted by atomic mass is 16.5. The van der Waals surface area contributed by atoms with Gasteiger partial charge in [-0.3, -0.25) is 9.59 Å². The SMILES string of the molecule is CCCCNC(=O)[C@H](CC)N(Cc1ccc(C)cc1)C(=O)COc1cccc(C)c1. The molecule has 30 heavy (non-hydrogen) atoms. The third-order valence-corrected chi connectivity index (χ3v) is 5.04. The van der Waals surface area contributed by atoms with E-state index in [9.17, 15) is 9.59 Å². The van der Waals surface area contributed by atoms with E-state index in [0.29, 0.717) is 25.3 Å². The highest BCUT2D eigenvalue weighted by molar-refractivity contribution is 5.88. The summed E-state index contributed by atoms with van der Waals surface area (Å²) < 4.78 is 5.74. The van der Waals surface area contributed by atoms with Gasteiger partial charge in [-0.05, 0) is 49.9 Å². The van der Waals surface area contributed by atoms with Crippen molar-refractivity contribution < 1.29 is 14.3 Å². The summed E-state index contributed by atoms with van der Waals surface area (Å²) in [4.78, 5) is 27.6. The van der Waals surface area contributed by atoms with E-state index in [2.05, 4.69) is 12.2 Å². The van der Waals surface area contributed by atoms with Gasteiger partial charge in [-0.2, -0.15) is 0 Å². The molecule has 0 aliphatic heterocycles. The van der Waals surface area contributed by atoms with Gasteiger partial charge in [0.05, 0.1) is 0 Å². The number of carbonyl (C=O) groups excluding carboxylic acids is 2. The number of hydrogen-bond acceptors (Lipinski definition) is 3. The lowest BCUT2D eigenvalue weighted by Crippen LogP contribution is -2.50. The average molecular weight is 411 g/mol. The van der Waals surface area contributed by atoms with Crippen LogP contribution in [0.1, 0.15) is 49.8 Å². The van der Waals surface area contributed by atoms with Crippen molar-refractivity contribution in [3.63, 3.8) is 0 Å². The number of unbranched alkanes of at least 4 members (excludes halogenated alkanes) is 1. The molecule has 1 N–H and O–H groups in total. The Morgan fingerprint density at radius 2 is 1.77 bits per heavy atom. The molecule has 0 aliphatic carbocycles. The van der Waals surface area contributed by atoms with Crippen molar-refractivity contribution in [3.8, 4) is 5.75 Å². The van der Waals surface area contributed by atoms with Gasteiger partial charge < -0.3 is 15.0 Å². The predicted molar refractivity (Wildman–Crippen MR) is 120 cm³/mol. The molecular weight excluding hydrogens is 376 g/mol. The first-order chi connectivity index (χ1) is 14.4. The highest BCUT2D eigenvalue weighted by Gasteiger charge is 2.28. The third kappa shape index (κ3) is 7.21. The topological polar surface area (TPSA) is 58.6 Å². The van der Waals surface area contributed by atoms with E-state index in [1.165, 1.54) is 0 Å². The van der Waals surface area contributed by atoms with Crippen LogP contribution in [0.2, 0.25) is 0 Å². The smallest absolute Gasteiger partial charge is 0.261 e. The molecule has 0 radical (unpaired) electrons. The van der Waals surface area contributed by atoms with Gasteiger partial charge in [0.2, 0.25) is 5.91 Å². The van der Waals surface area contributed by atoms with Crippen LogP contribution in [0.25, 0.3) is 0 Å². The van der Waals surface area contributed by atoms with Gasteiger partial charge in [-0.1, -0.05) is 62.2 Å². The summed E-state index contributed by atoms with van der Waals surface area (Å²) in [6.45, 7) is 8.91. The molecule has 162 valence electrons. The van der Waals surface area contributed by atoms with Crippen molar-refractivity contribution in [2.45, 2.75) is 59.5 Å². The first-order valence-electron chi connectivity index (χ1n) is 10.8. The average Bonchev–Trinajstić information content (AvgIpc) is 2.73. The molecule has 2 aromatic rings. The van der Waals surface area contributed by atoms with Crippen LogP contribution in [0.15, 0.2) is 48.5 Å². The molecule has 5 heteroatoms. The molecular formula is C25H34N2O3. The van der Waals surface area contributed by atoms with Crippen molar-refractivity contribution in [1.29, 1.82) is 0 Å². The van der Waals surface area contributed by atoms with Gasteiger partial charge in [0.25, 0.3) is 5.91 Å². The fourth-order valence-electron chi connectivity index (χ4n) is 3.25. The molecule has 0 fully saturated rings. The maximum atomic E-state index is 13.1. The fourth-order valence-corrected chi connectivity index (χ4v) is 3.25. The van der Waals surface area contributed by atoms with Crippen molar-refractivity contribution in [3.05, 3.63) is 65.2 Å². The van der Waals surface area contributed by atoms with Crippen LogP contribution in [0.5, 0.6) is 5.75 Å². The van der Waals surface area contributed by atoms with E-state index in [1.54, 1.807) is 4.90 Å². The number of benzene rings is 2. The number of amides is 2. The van der Waals surface area contributed by atoms with Crippen molar-refractivity contribution in [2.24, 2.45) is 0 Å². The number of ether oxygens (including phenoxy) is 1. The maximum absolute atomic E-state index is 13.1. The summed E-state index contributed by atoms with van der Waals surface area (Å²) >= 11 is 0. The summed E-state index contributed by atoms with van der Waals surface area (Å²) in [5.41, 5.74) is 3.21. The molecule has 0 saturated heterocycles. The number of carbonyl (C=O) groups is 2. The van der Waals surface area contributed by atoms with Gasteiger partial charge in [0.15, 0.2) is 6.61 Å². The van der Waals surface area contributed by atoms with E-state index in [0.717, 1.165) is 29.5 Å². The Labute approximate surface area is 180 Å². The zero-order valence-electron chi connectivity index (χ0n) is 18.6. The van der Waals surface area contributed by atoms with Crippen LogP contribution in [0.3, 0.4) is 0 Å². The van der Waals surface area contributed by atoms with Crippen LogP contribution in [0, 0.1) is 13.8 Å². The lowest BCUT2D eigenvalue weighted by Gasteiger charge is -2.30. The van der Waals surface area contributed by atoms with Crippen LogP contribution in [-0.4, -0.2) is 35.9 Å². The molecule has 0 aliphatic rings. The molecule has 2 amide bonds.